The molecule has 0 spiro atoms. The lowest BCUT2D eigenvalue weighted by Crippen LogP contribution is -2.26. The molecule has 0 amide bonds. The highest BCUT2D eigenvalue weighted by molar-refractivity contribution is 9.10. The molecule has 17 heavy (non-hydrogen) atoms. The van der Waals surface area contributed by atoms with Crippen LogP contribution >= 0.6 is 15.9 Å². The molecule has 0 fully saturated rings. The lowest BCUT2D eigenvalue weighted by molar-refractivity contribution is -0.147. The molecule has 1 rings (SSSR count). The number of aliphatic carboxylic acids is 1. The second-order valence-electron chi connectivity index (χ2n) is 3.35. The molecule has 1 aromatic carbocycles. The Morgan fingerprint density at radius 3 is 2.71 bits per heavy atom. The molecule has 0 aliphatic carbocycles. The van der Waals surface area contributed by atoms with Crippen molar-refractivity contribution in [2.24, 2.45) is 0 Å². The quantitative estimate of drug-likeness (QED) is 0.656. The van der Waals surface area contributed by atoms with Crippen LogP contribution in [0.4, 0.5) is 5.69 Å². The molecule has 0 aliphatic heterocycles. The molecule has 5 nitrogen and oxygen atoms in total. The minimum atomic E-state index is -1.17. The van der Waals surface area contributed by atoms with Crippen LogP contribution in [0.5, 0.6) is 0 Å². The Bertz CT molecular complexity index is 447. The Kier molecular flexibility index (Phi) is 4.51. The number of ether oxygens (including phenoxy) is 1. The number of esters is 1. The van der Waals surface area contributed by atoms with Crippen molar-refractivity contribution in [1.82, 2.24) is 0 Å². The fraction of sp³-hybridized carbons (Fsp3) is 0.273. The summed E-state index contributed by atoms with van der Waals surface area (Å²) in [5.41, 5.74) is 6.21. The predicted octanol–water partition coefficient (Wildman–Crippen LogP) is 2.05. The Hall–Kier alpha value is -1.56. The van der Waals surface area contributed by atoms with Crippen LogP contribution in [-0.4, -0.2) is 23.1 Å². The van der Waals surface area contributed by atoms with Crippen LogP contribution in [0.3, 0.4) is 0 Å². The maximum atomic E-state index is 11.7. The Labute approximate surface area is 107 Å². The van der Waals surface area contributed by atoms with Crippen molar-refractivity contribution in [2.45, 2.75) is 19.4 Å². The predicted molar refractivity (Wildman–Crippen MR) is 65.7 cm³/mol. The normalized spacial score (nSPS) is 11.9. The summed E-state index contributed by atoms with van der Waals surface area (Å²) in [6.07, 6.45) is -0.933. The number of halogens is 1. The molecule has 0 saturated heterocycles. The number of carbonyl (C=O) groups is 2. The fourth-order valence-corrected chi connectivity index (χ4v) is 1.63. The van der Waals surface area contributed by atoms with Gasteiger partial charge < -0.3 is 15.6 Å². The maximum absolute atomic E-state index is 11.7. The molecular formula is C11H12BrNO4. The third-order valence-corrected chi connectivity index (χ3v) is 3.03. The minimum absolute atomic E-state index is 0.209. The van der Waals surface area contributed by atoms with E-state index in [1.807, 2.05) is 0 Å². The number of anilines is 1. The van der Waals surface area contributed by atoms with Gasteiger partial charge in [-0.15, -0.1) is 0 Å². The first-order valence-corrected chi connectivity index (χ1v) is 5.74. The van der Waals surface area contributed by atoms with Crippen molar-refractivity contribution in [1.29, 1.82) is 0 Å². The SMILES string of the molecule is CCC(OC(=O)c1cccc(N)c1Br)C(=O)O. The van der Waals surface area contributed by atoms with E-state index in [4.69, 9.17) is 15.6 Å². The van der Waals surface area contributed by atoms with Crippen LogP contribution in [-0.2, 0) is 9.53 Å². The second kappa shape index (κ2) is 5.67. The lowest BCUT2D eigenvalue weighted by Gasteiger charge is -2.12. The molecule has 1 atom stereocenters. The van der Waals surface area contributed by atoms with Gasteiger partial charge in [0.2, 0.25) is 0 Å². The first kappa shape index (κ1) is 13.5. The Balaban J connectivity index is 2.90. The minimum Gasteiger partial charge on any atom is -0.479 e. The van der Waals surface area contributed by atoms with E-state index in [0.29, 0.717) is 10.2 Å². The van der Waals surface area contributed by atoms with E-state index in [1.54, 1.807) is 19.1 Å². The van der Waals surface area contributed by atoms with Gasteiger partial charge in [-0.25, -0.2) is 9.59 Å². The lowest BCUT2D eigenvalue weighted by atomic mass is 10.2. The molecule has 0 aromatic heterocycles. The number of benzene rings is 1. The summed E-state index contributed by atoms with van der Waals surface area (Å²) in [4.78, 5) is 22.5. The zero-order valence-corrected chi connectivity index (χ0v) is 10.7. The average molecular weight is 302 g/mol. The van der Waals surface area contributed by atoms with E-state index in [-0.39, 0.29) is 12.0 Å². The van der Waals surface area contributed by atoms with Crippen LogP contribution in [0.1, 0.15) is 23.7 Å². The third-order valence-electron chi connectivity index (χ3n) is 2.14. The van der Waals surface area contributed by atoms with Crippen molar-refractivity contribution in [2.75, 3.05) is 5.73 Å². The zero-order valence-electron chi connectivity index (χ0n) is 9.14. The summed E-state index contributed by atoms with van der Waals surface area (Å²) in [5, 5.41) is 8.78. The molecule has 1 aromatic rings. The van der Waals surface area contributed by atoms with E-state index in [9.17, 15) is 9.59 Å². The highest BCUT2D eigenvalue weighted by Crippen LogP contribution is 2.24. The zero-order chi connectivity index (χ0) is 13.0. The standard InChI is InChI=1S/C11H12BrNO4/c1-2-8(10(14)15)17-11(16)6-4-3-5-7(13)9(6)12/h3-5,8H,2,13H2,1H3,(H,14,15). The van der Waals surface area contributed by atoms with Gasteiger partial charge in [-0.2, -0.15) is 0 Å². The summed E-state index contributed by atoms with van der Waals surface area (Å²) in [5.74, 6) is -1.88. The number of nitrogen functional groups attached to an aromatic ring is 1. The number of hydrogen-bond acceptors (Lipinski definition) is 4. The second-order valence-corrected chi connectivity index (χ2v) is 4.14. The van der Waals surface area contributed by atoms with E-state index in [2.05, 4.69) is 15.9 Å². The summed E-state index contributed by atoms with van der Waals surface area (Å²) >= 11 is 3.16. The van der Waals surface area contributed by atoms with Gasteiger partial charge in [-0.1, -0.05) is 13.0 Å². The average Bonchev–Trinajstić information content (AvgIpc) is 2.28. The van der Waals surface area contributed by atoms with Crippen molar-refractivity contribution < 1.29 is 19.4 Å². The molecule has 92 valence electrons. The molecule has 3 N–H and O–H groups in total. The van der Waals surface area contributed by atoms with Crippen molar-refractivity contribution in [3.05, 3.63) is 28.2 Å². The van der Waals surface area contributed by atoms with Crippen LogP contribution in [0.15, 0.2) is 22.7 Å². The summed E-state index contributed by atoms with van der Waals surface area (Å²) in [7, 11) is 0. The number of carboxylic acids is 1. The molecular weight excluding hydrogens is 290 g/mol. The van der Waals surface area contributed by atoms with Crippen molar-refractivity contribution in [3.63, 3.8) is 0 Å². The summed E-state index contributed by atoms with van der Waals surface area (Å²) in [6, 6.07) is 4.73. The van der Waals surface area contributed by atoms with Crippen LogP contribution in [0.25, 0.3) is 0 Å². The number of nitrogens with two attached hydrogens (primary N) is 1. The third kappa shape index (κ3) is 3.20. The number of hydrogen-bond donors (Lipinski definition) is 2. The van der Waals surface area contributed by atoms with Crippen LogP contribution in [0, 0.1) is 0 Å². The van der Waals surface area contributed by atoms with Gasteiger partial charge in [0.05, 0.1) is 10.0 Å². The number of rotatable bonds is 4. The van der Waals surface area contributed by atoms with Gasteiger partial charge in [0.1, 0.15) is 0 Å². The molecule has 0 heterocycles. The van der Waals surface area contributed by atoms with E-state index in [1.165, 1.54) is 6.07 Å². The highest BCUT2D eigenvalue weighted by atomic mass is 79.9. The van der Waals surface area contributed by atoms with Gasteiger partial charge in [-0.3, -0.25) is 0 Å². The first-order chi connectivity index (χ1) is 7.97. The number of carboxylic acid groups (broad SMARTS) is 1. The van der Waals surface area contributed by atoms with Crippen molar-refractivity contribution in [3.8, 4) is 0 Å². The summed E-state index contributed by atoms with van der Waals surface area (Å²) in [6.45, 7) is 1.63. The van der Waals surface area contributed by atoms with Gasteiger partial charge in [-0.05, 0) is 34.5 Å². The highest BCUT2D eigenvalue weighted by Gasteiger charge is 2.22. The fourth-order valence-electron chi connectivity index (χ4n) is 1.21. The molecule has 6 heteroatoms. The largest absolute Gasteiger partial charge is 0.479 e. The molecule has 0 aliphatic rings. The van der Waals surface area contributed by atoms with E-state index in [0.717, 1.165) is 0 Å². The van der Waals surface area contributed by atoms with Gasteiger partial charge in [0, 0.05) is 5.69 Å². The van der Waals surface area contributed by atoms with Gasteiger partial charge in [0.15, 0.2) is 6.10 Å². The summed E-state index contributed by atoms with van der Waals surface area (Å²) < 4.78 is 5.27. The molecule has 0 bridgehead atoms. The molecule has 0 saturated carbocycles. The van der Waals surface area contributed by atoms with Crippen molar-refractivity contribution >= 4 is 33.6 Å². The maximum Gasteiger partial charge on any atom is 0.345 e. The Morgan fingerprint density at radius 2 is 2.18 bits per heavy atom. The first-order valence-electron chi connectivity index (χ1n) is 4.95. The molecule has 0 radical (unpaired) electrons. The van der Waals surface area contributed by atoms with Gasteiger partial charge >= 0.3 is 11.9 Å². The molecule has 1 unspecified atom stereocenters. The van der Waals surface area contributed by atoms with Crippen LogP contribution < -0.4 is 5.73 Å². The topological polar surface area (TPSA) is 89.6 Å². The van der Waals surface area contributed by atoms with E-state index < -0.39 is 18.0 Å². The monoisotopic (exact) mass is 301 g/mol. The van der Waals surface area contributed by atoms with Crippen LogP contribution in [0.2, 0.25) is 0 Å². The number of carbonyl (C=O) groups excluding carboxylic acids is 1. The Morgan fingerprint density at radius 1 is 1.53 bits per heavy atom. The van der Waals surface area contributed by atoms with E-state index >= 15 is 0 Å². The smallest absolute Gasteiger partial charge is 0.345 e. The van der Waals surface area contributed by atoms with Gasteiger partial charge in [0.25, 0.3) is 0 Å².